The van der Waals surface area contributed by atoms with Crippen molar-refractivity contribution in [3.05, 3.63) is 23.3 Å². The van der Waals surface area contributed by atoms with Gasteiger partial charge in [0.2, 0.25) is 0 Å². The van der Waals surface area contributed by atoms with Crippen molar-refractivity contribution in [2.45, 2.75) is 0 Å². The Morgan fingerprint density at radius 3 is 2.05 bits per heavy atom. The van der Waals surface area contributed by atoms with Crippen LogP contribution in [0.4, 0.5) is 0 Å². The van der Waals surface area contributed by atoms with Crippen molar-refractivity contribution in [2.24, 2.45) is 0 Å². The molecule has 0 heterocycles. The maximum Gasteiger partial charge on any atom is 0.264 e. The summed E-state index contributed by atoms with van der Waals surface area (Å²) >= 11 is 0. The van der Waals surface area contributed by atoms with Gasteiger partial charge in [-0.15, -0.1) is 0 Å². The Morgan fingerprint density at radius 1 is 1.10 bits per heavy atom. The smallest absolute Gasteiger partial charge is 0.264 e. The van der Waals surface area contributed by atoms with Gasteiger partial charge in [-0.1, -0.05) is 0 Å². The second-order valence-electron chi connectivity index (χ2n) is 4.32. The number of carbonyl (C=O) groups is 1. The molecule has 0 saturated carbocycles. The van der Waals surface area contributed by atoms with Gasteiger partial charge >= 0.3 is 0 Å². The van der Waals surface area contributed by atoms with Crippen LogP contribution in [0.5, 0.6) is 17.2 Å². The molecule has 0 aliphatic rings. The number of rotatable bonds is 5. The Hall–Kier alpha value is -2.68. The van der Waals surface area contributed by atoms with Crippen LogP contribution in [0.1, 0.15) is 5.56 Å². The Bertz CT molecular complexity index is 600. The van der Waals surface area contributed by atoms with Crippen molar-refractivity contribution in [3.8, 4) is 23.3 Å². The van der Waals surface area contributed by atoms with Gasteiger partial charge in [0.15, 0.2) is 11.5 Å². The third-order valence-electron chi connectivity index (χ3n) is 2.79. The van der Waals surface area contributed by atoms with E-state index in [0.717, 1.165) is 0 Å². The number of ether oxygens (including phenoxy) is 3. The molecule has 0 aliphatic heterocycles. The number of methoxy groups -OCH3 is 3. The van der Waals surface area contributed by atoms with Crippen LogP contribution in [0.2, 0.25) is 0 Å². The maximum absolute atomic E-state index is 11.9. The molecule has 0 aliphatic carbocycles. The molecule has 0 saturated heterocycles. The van der Waals surface area contributed by atoms with Gasteiger partial charge in [0.05, 0.1) is 21.3 Å². The van der Waals surface area contributed by atoms with Gasteiger partial charge in [-0.2, -0.15) is 5.26 Å². The summed E-state index contributed by atoms with van der Waals surface area (Å²) in [6.45, 7) is 0. The normalized spacial score (nSPS) is 10.6. The van der Waals surface area contributed by atoms with E-state index in [4.69, 9.17) is 19.5 Å². The first-order chi connectivity index (χ1) is 9.98. The van der Waals surface area contributed by atoms with E-state index in [-0.39, 0.29) is 11.5 Å². The molecule has 6 heteroatoms. The number of hydrogen-bond donors (Lipinski definition) is 0. The van der Waals surface area contributed by atoms with Gasteiger partial charge < -0.3 is 19.1 Å². The molecule has 0 aromatic heterocycles. The molecule has 1 aromatic rings. The highest BCUT2D eigenvalue weighted by Gasteiger charge is 2.15. The van der Waals surface area contributed by atoms with Crippen LogP contribution in [0.3, 0.4) is 0 Å². The average molecular weight is 290 g/mol. The van der Waals surface area contributed by atoms with Crippen molar-refractivity contribution in [3.63, 3.8) is 0 Å². The molecular formula is C15H18N2O4. The molecule has 112 valence electrons. The molecule has 0 unspecified atom stereocenters. The van der Waals surface area contributed by atoms with E-state index in [1.807, 2.05) is 6.07 Å². The van der Waals surface area contributed by atoms with Gasteiger partial charge in [0.25, 0.3) is 5.91 Å². The average Bonchev–Trinajstić information content (AvgIpc) is 2.50. The fraction of sp³-hybridized carbons (Fsp3) is 0.333. The largest absolute Gasteiger partial charge is 0.496 e. The van der Waals surface area contributed by atoms with Crippen LogP contribution in [-0.4, -0.2) is 46.2 Å². The van der Waals surface area contributed by atoms with E-state index >= 15 is 0 Å². The molecule has 0 radical (unpaired) electrons. The maximum atomic E-state index is 11.9. The summed E-state index contributed by atoms with van der Waals surface area (Å²) in [6.07, 6.45) is 1.46. The van der Waals surface area contributed by atoms with E-state index in [0.29, 0.717) is 22.8 Å². The number of nitrogens with zero attached hydrogens (tertiary/aromatic N) is 2. The molecule has 0 atom stereocenters. The minimum Gasteiger partial charge on any atom is -0.496 e. The first-order valence-corrected chi connectivity index (χ1v) is 6.11. The number of amides is 1. The topological polar surface area (TPSA) is 71.8 Å². The summed E-state index contributed by atoms with van der Waals surface area (Å²) < 4.78 is 15.7. The van der Waals surface area contributed by atoms with Gasteiger partial charge in [-0.05, 0) is 12.1 Å². The van der Waals surface area contributed by atoms with Gasteiger partial charge in [-0.25, -0.2) is 0 Å². The standard InChI is InChI=1S/C15H18N2O4/c1-17(2)15(18)11(9-16)6-10-7-13(20-4)14(21-5)8-12(10)19-3/h6-8H,1-5H3/b11-6-. The second-order valence-corrected chi connectivity index (χ2v) is 4.32. The summed E-state index contributed by atoms with van der Waals surface area (Å²) in [5.74, 6) is 1.09. The van der Waals surface area contributed by atoms with Crippen LogP contribution < -0.4 is 14.2 Å². The number of benzene rings is 1. The van der Waals surface area contributed by atoms with E-state index in [1.54, 1.807) is 26.2 Å². The zero-order chi connectivity index (χ0) is 16.0. The van der Waals surface area contributed by atoms with Gasteiger partial charge in [-0.3, -0.25) is 4.79 Å². The monoisotopic (exact) mass is 290 g/mol. The van der Waals surface area contributed by atoms with E-state index in [2.05, 4.69) is 0 Å². The number of hydrogen-bond acceptors (Lipinski definition) is 5. The number of likely N-dealkylation sites (N-methyl/N-ethyl adjacent to an activating group) is 1. The third kappa shape index (κ3) is 3.66. The SMILES string of the molecule is COc1cc(OC)c(OC)cc1/C=C(/C#N)C(=O)N(C)C. The Balaban J connectivity index is 3.41. The Kier molecular flexibility index (Phi) is 5.61. The summed E-state index contributed by atoms with van der Waals surface area (Å²) in [7, 11) is 7.69. The van der Waals surface area contributed by atoms with Crippen molar-refractivity contribution >= 4 is 12.0 Å². The fourth-order valence-corrected chi connectivity index (χ4v) is 1.70. The molecule has 1 amide bonds. The van der Waals surface area contributed by atoms with E-state index < -0.39 is 0 Å². The van der Waals surface area contributed by atoms with Crippen LogP contribution in [0, 0.1) is 11.3 Å². The van der Waals surface area contributed by atoms with E-state index in [1.165, 1.54) is 32.3 Å². The van der Waals surface area contributed by atoms with Gasteiger partial charge in [0, 0.05) is 25.7 Å². The lowest BCUT2D eigenvalue weighted by Gasteiger charge is -2.13. The molecule has 0 N–H and O–H groups in total. The molecular weight excluding hydrogens is 272 g/mol. The molecule has 0 fully saturated rings. The van der Waals surface area contributed by atoms with Crippen molar-refractivity contribution < 1.29 is 19.0 Å². The second kappa shape index (κ2) is 7.20. The molecule has 21 heavy (non-hydrogen) atoms. The lowest BCUT2D eigenvalue weighted by Crippen LogP contribution is -2.22. The summed E-state index contributed by atoms with van der Waals surface area (Å²) in [5, 5.41) is 9.13. The molecule has 1 rings (SSSR count). The van der Waals surface area contributed by atoms with E-state index in [9.17, 15) is 4.79 Å². The summed E-state index contributed by atoms with van der Waals surface area (Å²) in [6, 6.07) is 5.18. The minimum absolute atomic E-state index is 0.00511. The first kappa shape index (κ1) is 16.4. The number of carbonyl (C=O) groups excluding carboxylic acids is 1. The summed E-state index contributed by atoms with van der Waals surface area (Å²) in [4.78, 5) is 13.2. The molecule has 1 aromatic carbocycles. The zero-order valence-corrected chi connectivity index (χ0v) is 12.8. The van der Waals surface area contributed by atoms with Crippen LogP contribution in [-0.2, 0) is 4.79 Å². The lowest BCUT2D eigenvalue weighted by atomic mass is 10.1. The Morgan fingerprint density at radius 2 is 1.62 bits per heavy atom. The van der Waals surface area contributed by atoms with Crippen molar-refractivity contribution in [1.82, 2.24) is 4.90 Å². The highest BCUT2D eigenvalue weighted by Crippen LogP contribution is 2.35. The lowest BCUT2D eigenvalue weighted by molar-refractivity contribution is -0.124. The quantitative estimate of drug-likeness (QED) is 0.610. The first-order valence-electron chi connectivity index (χ1n) is 6.11. The van der Waals surface area contributed by atoms with Crippen molar-refractivity contribution in [1.29, 1.82) is 5.26 Å². The highest BCUT2D eigenvalue weighted by atomic mass is 16.5. The third-order valence-corrected chi connectivity index (χ3v) is 2.79. The molecule has 0 spiro atoms. The predicted molar refractivity (Wildman–Crippen MR) is 78.4 cm³/mol. The van der Waals surface area contributed by atoms with Crippen LogP contribution >= 0.6 is 0 Å². The Labute approximate surface area is 124 Å². The van der Waals surface area contributed by atoms with Gasteiger partial charge in [0.1, 0.15) is 17.4 Å². The number of nitriles is 1. The fourth-order valence-electron chi connectivity index (χ4n) is 1.70. The zero-order valence-electron chi connectivity index (χ0n) is 12.8. The summed E-state index contributed by atoms with van der Waals surface area (Å²) in [5.41, 5.74) is 0.562. The molecule has 6 nitrogen and oxygen atoms in total. The predicted octanol–water partition coefficient (Wildman–Crippen LogP) is 1.71. The molecule has 0 bridgehead atoms. The highest BCUT2D eigenvalue weighted by molar-refractivity contribution is 6.01. The van der Waals surface area contributed by atoms with Crippen molar-refractivity contribution in [2.75, 3.05) is 35.4 Å². The van der Waals surface area contributed by atoms with Crippen LogP contribution in [0.25, 0.3) is 6.08 Å². The minimum atomic E-state index is -0.380. The van der Waals surface area contributed by atoms with Crippen LogP contribution in [0.15, 0.2) is 17.7 Å².